The third-order valence-corrected chi connectivity index (χ3v) is 4.83. The van der Waals surface area contributed by atoms with Crippen molar-refractivity contribution in [2.75, 3.05) is 36.4 Å². The molecule has 0 radical (unpaired) electrons. The van der Waals surface area contributed by atoms with Gasteiger partial charge in [0.25, 0.3) is 0 Å². The molecule has 2 heterocycles. The molecule has 1 N–H and O–H groups in total. The number of carbonyl (C=O) groups is 2. The normalized spacial score (nSPS) is 25.1. The molecule has 1 aromatic rings. The van der Waals surface area contributed by atoms with Crippen LogP contribution >= 0.6 is 0 Å². The maximum absolute atomic E-state index is 12.4. The van der Waals surface area contributed by atoms with E-state index in [0.717, 1.165) is 37.4 Å². The second kappa shape index (κ2) is 7.34. The lowest BCUT2D eigenvalue weighted by Crippen LogP contribution is -2.42. The molecule has 2 unspecified atom stereocenters. The van der Waals surface area contributed by atoms with Gasteiger partial charge in [-0.1, -0.05) is 19.9 Å². The van der Waals surface area contributed by atoms with E-state index < -0.39 is 0 Å². The summed E-state index contributed by atoms with van der Waals surface area (Å²) in [5.41, 5.74) is 1.63. The highest BCUT2D eigenvalue weighted by molar-refractivity contribution is 5.97. The van der Waals surface area contributed by atoms with E-state index in [2.05, 4.69) is 24.1 Å². The predicted octanol–water partition coefficient (Wildman–Crippen LogP) is 2.73. The van der Waals surface area contributed by atoms with Crippen molar-refractivity contribution < 1.29 is 9.59 Å². The number of nitrogens with one attached hydrogen (secondary N) is 1. The molecule has 0 spiro atoms. The molecule has 24 heavy (non-hydrogen) atoms. The number of rotatable bonds is 4. The number of amides is 2. The topological polar surface area (TPSA) is 52.7 Å². The van der Waals surface area contributed by atoms with Crippen LogP contribution in [0.15, 0.2) is 24.3 Å². The van der Waals surface area contributed by atoms with Crippen molar-refractivity contribution in [3.8, 4) is 0 Å². The summed E-state index contributed by atoms with van der Waals surface area (Å²) >= 11 is 0. The van der Waals surface area contributed by atoms with Crippen molar-refractivity contribution in [3.05, 3.63) is 24.3 Å². The van der Waals surface area contributed by atoms with Gasteiger partial charge in [-0.15, -0.1) is 0 Å². The molecule has 2 amide bonds. The van der Waals surface area contributed by atoms with E-state index in [9.17, 15) is 9.59 Å². The van der Waals surface area contributed by atoms with Gasteiger partial charge in [-0.05, 0) is 42.9 Å². The summed E-state index contributed by atoms with van der Waals surface area (Å²) in [6, 6.07) is 7.58. The Hall–Kier alpha value is -1.88. The Morgan fingerprint density at radius 2 is 2.00 bits per heavy atom. The molecule has 0 bridgehead atoms. The van der Waals surface area contributed by atoms with Crippen LogP contribution in [0.3, 0.4) is 0 Å². The van der Waals surface area contributed by atoms with Gasteiger partial charge < -0.3 is 10.2 Å². The number of nitrogens with zero attached hydrogens (tertiary/aromatic N) is 2. The molecule has 2 saturated heterocycles. The maximum atomic E-state index is 12.4. The second-order valence-corrected chi connectivity index (χ2v) is 7.39. The molecule has 2 aliphatic rings. The van der Waals surface area contributed by atoms with Gasteiger partial charge in [0.1, 0.15) is 0 Å². The molecule has 130 valence electrons. The summed E-state index contributed by atoms with van der Waals surface area (Å²) in [6.45, 7) is 7.66. The maximum Gasteiger partial charge on any atom is 0.238 e. The van der Waals surface area contributed by atoms with Crippen LogP contribution in [0.25, 0.3) is 0 Å². The van der Waals surface area contributed by atoms with Gasteiger partial charge in [-0.2, -0.15) is 0 Å². The smallest absolute Gasteiger partial charge is 0.238 e. The molecule has 0 saturated carbocycles. The summed E-state index contributed by atoms with van der Waals surface area (Å²) < 4.78 is 0. The highest BCUT2D eigenvalue weighted by Crippen LogP contribution is 2.24. The Balaban J connectivity index is 1.59. The molecule has 2 aliphatic heterocycles. The molecular weight excluding hydrogens is 302 g/mol. The van der Waals surface area contributed by atoms with Crippen molar-refractivity contribution in [3.63, 3.8) is 0 Å². The fourth-order valence-electron chi connectivity index (χ4n) is 4.00. The summed E-state index contributed by atoms with van der Waals surface area (Å²) in [5, 5.41) is 2.98. The number of hydrogen-bond acceptors (Lipinski definition) is 3. The fraction of sp³-hybridized carbons (Fsp3) is 0.579. The lowest BCUT2D eigenvalue weighted by atomic mass is 9.92. The van der Waals surface area contributed by atoms with Gasteiger partial charge in [0.05, 0.1) is 6.54 Å². The van der Waals surface area contributed by atoms with Gasteiger partial charge in [0, 0.05) is 37.4 Å². The SMILES string of the molecule is CC1CC(C)CN(CC(=O)Nc2cccc(N3CCCC3=O)c2)C1. The number of piperidine rings is 1. The highest BCUT2D eigenvalue weighted by atomic mass is 16.2. The first kappa shape index (κ1) is 17.0. The van der Waals surface area contributed by atoms with Crippen LogP contribution in [-0.2, 0) is 9.59 Å². The van der Waals surface area contributed by atoms with Crippen LogP contribution in [0.4, 0.5) is 11.4 Å². The monoisotopic (exact) mass is 329 g/mol. The van der Waals surface area contributed by atoms with Gasteiger partial charge in [-0.3, -0.25) is 14.5 Å². The average Bonchev–Trinajstić information content (AvgIpc) is 2.92. The molecule has 3 rings (SSSR count). The van der Waals surface area contributed by atoms with E-state index in [-0.39, 0.29) is 11.8 Å². The van der Waals surface area contributed by atoms with Gasteiger partial charge >= 0.3 is 0 Å². The molecule has 2 fully saturated rings. The summed E-state index contributed by atoms with van der Waals surface area (Å²) in [4.78, 5) is 28.3. The lowest BCUT2D eigenvalue weighted by Gasteiger charge is -2.34. The minimum Gasteiger partial charge on any atom is -0.325 e. The summed E-state index contributed by atoms with van der Waals surface area (Å²) in [5.74, 6) is 1.47. The molecule has 1 aromatic carbocycles. The Bertz CT molecular complexity index is 606. The van der Waals surface area contributed by atoms with Crippen molar-refractivity contribution in [2.24, 2.45) is 11.8 Å². The zero-order chi connectivity index (χ0) is 17.1. The Morgan fingerprint density at radius 3 is 2.67 bits per heavy atom. The first-order valence-electron chi connectivity index (χ1n) is 8.94. The van der Waals surface area contributed by atoms with Crippen molar-refractivity contribution in [2.45, 2.75) is 33.1 Å². The summed E-state index contributed by atoms with van der Waals surface area (Å²) in [7, 11) is 0. The molecule has 0 aliphatic carbocycles. The zero-order valence-electron chi connectivity index (χ0n) is 14.6. The van der Waals surface area contributed by atoms with Crippen LogP contribution in [0, 0.1) is 11.8 Å². The molecule has 5 nitrogen and oxygen atoms in total. The largest absolute Gasteiger partial charge is 0.325 e. The first-order chi connectivity index (χ1) is 11.5. The zero-order valence-corrected chi connectivity index (χ0v) is 14.6. The Morgan fingerprint density at radius 1 is 1.25 bits per heavy atom. The van der Waals surface area contributed by atoms with E-state index in [0.29, 0.717) is 24.8 Å². The Kier molecular flexibility index (Phi) is 5.19. The van der Waals surface area contributed by atoms with Crippen LogP contribution in [0.2, 0.25) is 0 Å². The third-order valence-electron chi connectivity index (χ3n) is 4.83. The fourth-order valence-corrected chi connectivity index (χ4v) is 4.00. The Labute approximate surface area is 144 Å². The van der Waals surface area contributed by atoms with E-state index in [1.807, 2.05) is 24.3 Å². The first-order valence-corrected chi connectivity index (χ1v) is 8.94. The minimum atomic E-state index is 0.0150. The number of anilines is 2. The van der Waals surface area contributed by atoms with Crippen molar-refractivity contribution >= 4 is 23.2 Å². The van der Waals surface area contributed by atoms with Gasteiger partial charge in [0.2, 0.25) is 11.8 Å². The number of carbonyl (C=O) groups excluding carboxylic acids is 2. The van der Waals surface area contributed by atoms with Crippen LogP contribution in [0.1, 0.15) is 33.1 Å². The average molecular weight is 329 g/mol. The van der Waals surface area contributed by atoms with Crippen molar-refractivity contribution in [1.29, 1.82) is 0 Å². The summed E-state index contributed by atoms with van der Waals surface area (Å²) in [6.07, 6.45) is 2.76. The van der Waals surface area contributed by atoms with Crippen molar-refractivity contribution in [1.82, 2.24) is 4.90 Å². The van der Waals surface area contributed by atoms with E-state index in [1.54, 1.807) is 4.90 Å². The molecule has 2 atom stereocenters. The number of likely N-dealkylation sites (tertiary alicyclic amines) is 1. The van der Waals surface area contributed by atoms with Crippen LogP contribution < -0.4 is 10.2 Å². The number of hydrogen-bond donors (Lipinski definition) is 1. The molecular formula is C19H27N3O2. The van der Waals surface area contributed by atoms with E-state index >= 15 is 0 Å². The highest BCUT2D eigenvalue weighted by Gasteiger charge is 2.24. The van der Waals surface area contributed by atoms with Crippen LogP contribution in [-0.4, -0.2) is 42.9 Å². The number of benzene rings is 1. The third kappa shape index (κ3) is 4.15. The predicted molar refractivity (Wildman–Crippen MR) is 96.0 cm³/mol. The lowest BCUT2D eigenvalue weighted by molar-refractivity contribution is -0.118. The van der Waals surface area contributed by atoms with Gasteiger partial charge in [0.15, 0.2) is 0 Å². The standard InChI is InChI=1S/C19H27N3O2/c1-14-9-15(2)12-21(11-14)13-18(23)20-16-5-3-6-17(10-16)22-8-4-7-19(22)24/h3,5-6,10,14-15H,4,7-9,11-13H2,1-2H3,(H,20,23). The molecule has 5 heteroatoms. The second-order valence-electron chi connectivity index (χ2n) is 7.39. The van der Waals surface area contributed by atoms with E-state index in [1.165, 1.54) is 6.42 Å². The quantitative estimate of drug-likeness (QED) is 0.924. The minimum absolute atomic E-state index is 0.0150. The van der Waals surface area contributed by atoms with Gasteiger partial charge in [-0.25, -0.2) is 0 Å². The molecule has 0 aromatic heterocycles. The van der Waals surface area contributed by atoms with E-state index in [4.69, 9.17) is 0 Å². The van der Waals surface area contributed by atoms with Crippen LogP contribution in [0.5, 0.6) is 0 Å².